The summed E-state index contributed by atoms with van der Waals surface area (Å²) in [5, 5.41) is 0.517. The molecule has 0 spiro atoms. The van der Waals surface area contributed by atoms with E-state index < -0.39 is 0 Å². The fourth-order valence-corrected chi connectivity index (χ4v) is 2.11. The number of aromatic nitrogens is 3. The second kappa shape index (κ2) is 3.86. The van der Waals surface area contributed by atoms with Gasteiger partial charge in [-0.3, -0.25) is 0 Å². The predicted octanol–water partition coefficient (Wildman–Crippen LogP) is 3.36. The summed E-state index contributed by atoms with van der Waals surface area (Å²) in [7, 11) is 0. The second-order valence-corrected chi connectivity index (χ2v) is 4.27. The summed E-state index contributed by atoms with van der Waals surface area (Å²) in [5.74, 6) is 0. The van der Waals surface area contributed by atoms with Gasteiger partial charge in [0.15, 0.2) is 0 Å². The van der Waals surface area contributed by atoms with E-state index in [1.54, 1.807) is 6.20 Å². The number of imidazole rings is 1. The van der Waals surface area contributed by atoms with Gasteiger partial charge in [0.05, 0.1) is 5.69 Å². The van der Waals surface area contributed by atoms with E-state index in [2.05, 4.69) is 9.97 Å². The Morgan fingerprint density at radius 1 is 1.18 bits per heavy atom. The van der Waals surface area contributed by atoms with Crippen molar-refractivity contribution in [3.8, 4) is 11.1 Å². The lowest BCUT2D eigenvalue weighted by atomic mass is 10.1. The smallest absolute Gasteiger partial charge is 0.136 e. The zero-order valence-electron chi connectivity index (χ0n) is 9.26. The van der Waals surface area contributed by atoms with E-state index in [0.717, 1.165) is 22.5 Å². The molecule has 0 aliphatic carbocycles. The molecule has 0 radical (unpaired) electrons. The summed E-state index contributed by atoms with van der Waals surface area (Å²) in [6, 6.07) is 7.82. The minimum Gasteiger partial charge on any atom is -0.306 e. The van der Waals surface area contributed by atoms with Gasteiger partial charge in [-0.05, 0) is 31.2 Å². The first-order valence-electron chi connectivity index (χ1n) is 5.30. The monoisotopic (exact) mass is 243 g/mol. The number of halogens is 1. The highest BCUT2D eigenvalue weighted by Gasteiger charge is 2.05. The lowest BCUT2D eigenvalue weighted by Crippen LogP contribution is -1.87. The maximum atomic E-state index is 6.08. The molecule has 3 nitrogen and oxygen atoms in total. The lowest BCUT2D eigenvalue weighted by Gasteiger charge is -2.03. The topological polar surface area (TPSA) is 30.2 Å². The number of aryl methyl sites for hydroxylation is 1. The highest BCUT2D eigenvalue weighted by atomic mass is 35.5. The van der Waals surface area contributed by atoms with Crippen molar-refractivity contribution in [1.82, 2.24) is 14.4 Å². The Balaban J connectivity index is 2.21. The van der Waals surface area contributed by atoms with Gasteiger partial charge in [-0.2, -0.15) is 0 Å². The van der Waals surface area contributed by atoms with Gasteiger partial charge in [0.2, 0.25) is 0 Å². The van der Waals surface area contributed by atoms with Crippen LogP contribution in [0.5, 0.6) is 0 Å². The zero-order chi connectivity index (χ0) is 11.8. The lowest BCUT2D eigenvalue weighted by molar-refractivity contribution is 1.18. The van der Waals surface area contributed by atoms with Crippen molar-refractivity contribution in [2.24, 2.45) is 0 Å². The molecule has 0 aromatic carbocycles. The van der Waals surface area contributed by atoms with Gasteiger partial charge in [-0.15, -0.1) is 0 Å². The van der Waals surface area contributed by atoms with Crippen molar-refractivity contribution in [2.75, 3.05) is 0 Å². The largest absolute Gasteiger partial charge is 0.306 e. The highest BCUT2D eigenvalue weighted by Crippen LogP contribution is 2.25. The molecule has 0 aliphatic rings. The van der Waals surface area contributed by atoms with Crippen LogP contribution in [0.2, 0.25) is 5.15 Å². The van der Waals surface area contributed by atoms with Crippen LogP contribution in [0.3, 0.4) is 0 Å². The first kappa shape index (κ1) is 10.3. The van der Waals surface area contributed by atoms with E-state index in [1.807, 2.05) is 48.0 Å². The van der Waals surface area contributed by atoms with Crippen LogP contribution in [0.25, 0.3) is 16.8 Å². The Labute approximate surface area is 104 Å². The SMILES string of the molecule is Cc1cn2cc(-c3cccnc3Cl)ccc2n1. The van der Waals surface area contributed by atoms with Gasteiger partial charge in [0.25, 0.3) is 0 Å². The van der Waals surface area contributed by atoms with Crippen LogP contribution < -0.4 is 0 Å². The van der Waals surface area contributed by atoms with Crippen molar-refractivity contribution in [3.05, 3.63) is 53.7 Å². The molecule has 17 heavy (non-hydrogen) atoms. The number of pyridine rings is 2. The van der Waals surface area contributed by atoms with E-state index in [-0.39, 0.29) is 0 Å². The fourth-order valence-electron chi connectivity index (χ4n) is 1.88. The van der Waals surface area contributed by atoms with Crippen LogP contribution in [-0.2, 0) is 0 Å². The molecular weight excluding hydrogens is 234 g/mol. The molecule has 0 N–H and O–H groups in total. The van der Waals surface area contributed by atoms with Crippen molar-refractivity contribution in [1.29, 1.82) is 0 Å². The fraction of sp³-hybridized carbons (Fsp3) is 0.0769. The minimum absolute atomic E-state index is 0.517. The van der Waals surface area contributed by atoms with Gasteiger partial charge >= 0.3 is 0 Å². The summed E-state index contributed by atoms with van der Waals surface area (Å²) in [4.78, 5) is 8.47. The normalized spacial score (nSPS) is 10.9. The molecule has 3 aromatic rings. The zero-order valence-corrected chi connectivity index (χ0v) is 10.0. The molecule has 3 rings (SSSR count). The number of rotatable bonds is 1. The Hall–Kier alpha value is -1.87. The first-order chi connectivity index (χ1) is 8.24. The summed E-state index contributed by atoms with van der Waals surface area (Å²) >= 11 is 6.08. The van der Waals surface area contributed by atoms with Crippen LogP contribution in [0.15, 0.2) is 42.9 Å². The number of nitrogens with zero attached hydrogens (tertiary/aromatic N) is 3. The maximum absolute atomic E-state index is 6.08. The van der Waals surface area contributed by atoms with Crippen molar-refractivity contribution >= 4 is 17.2 Å². The average Bonchev–Trinajstić information content (AvgIpc) is 2.68. The van der Waals surface area contributed by atoms with Crippen LogP contribution in [0, 0.1) is 6.92 Å². The third kappa shape index (κ3) is 1.78. The highest BCUT2D eigenvalue weighted by molar-refractivity contribution is 6.32. The molecule has 0 bridgehead atoms. The number of hydrogen-bond donors (Lipinski definition) is 0. The van der Waals surface area contributed by atoms with Gasteiger partial charge in [0.1, 0.15) is 10.8 Å². The van der Waals surface area contributed by atoms with Crippen molar-refractivity contribution in [2.45, 2.75) is 6.92 Å². The van der Waals surface area contributed by atoms with E-state index in [4.69, 9.17) is 11.6 Å². The molecule has 4 heteroatoms. The van der Waals surface area contributed by atoms with Gasteiger partial charge in [-0.25, -0.2) is 9.97 Å². The van der Waals surface area contributed by atoms with Crippen LogP contribution in [-0.4, -0.2) is 14.4 Å². The average molecular weight is 244 g/mol. The quantitative estimate of drug-likeness (QED) is 0.614. The Bertz CT molecular complexity index is 688. The molecular formula is C13H10ClN3. The number of fused-ring (bicyclic) bond motifs is 1. The third-order valence-corrected chi connectivity index (χ3v) is 2.94. The molecule has 84 valence electrons. The van der Waals surface area contributed by atoms with Crippen LogP contribution >= 0.6 is 11.6 Å². The molecule has 0 unspecified atom stereocenters. The Morgan fingerprint density at radius 3 is 2.88 bits per heavy atom. The van der Waals surface area contributed by atoms with Crippen molar-refractivity contribution < 1.29 is 0 Å². The summed E-state index contributed by atoms with van der Waals surface area (Å²) < 4.78 is 1.99. The van der Waals surface area contributed by atoms with Gasteiger partial charge in [-0.1, -0.05) is 11.6 Å². The summed E-state index contributed by atoms with van der Waals surface area (Å²) in [6.07, 6.45) is 5.69. The van der Waals surface area contributed by atoms with Gasteiger partial charge < -0.3 is 4.40 Å². The first-order valence-corrected chi connectivity index (χ1v) is 5.68. The second-order valence-electron chi connectivity index (χ2n) is 3.91. The molecule has 0 atom stereocenters. The molecule has 0 amide bonds. The van der Waals surface area contributed by atoms with E-state index >= 15 is 0 Å². The van der Waals surface area contributed by atoms with E-state index in [0.29, 0.717) is 5.15 Å². The Morgan fingerprint density at radius 2 is 2.06 bits per heavy atom. The molecule has 0 aliphatic heterocycles. The van der Waals surface area contributed by atoms with Crippen molar-refractivity contribution in [3.63, 3.8) is 0 Å². The molecule has 0 saturated heterocycles. The third-order valence-electron chi connectivity index (χ3n) is 2.64. The maximum Gasteiger partial charge on any atom is 0.136 e. The molecule has 3 aromatic heterocycles. The van der Waals surface area contributed by atoms with Crippen LogP contribution in [0.4, 0.5) is 0 Å². The minimum atomic E-state index is 0.517. The predicted molar refractivity (Wildman–Crippen MR) is 68.2 cm³/mol. The molecule has 3 heterocycles. The van der Waals surface area contributed by atoms with Crippen LogP contribution in [0.1, 0.15) is 5.69 Å². The number of hydrogen-bond acceptors (Lipinski definition) is 2. The molecule has 0 saturated carbocycles. The summed E-state index contributed by atoms with van der Waals surface area (Å²) in [5.41, 5.74) is 3.90. The van der Waals surface area contributed by atoms with Gasteiger partial charge in [0, 0.05) is 29.7 Å². The van der Waals surface area contributed by atoms with E-state index in [9.17, 15) is 0 Å². The summed E-state index contributed by atoms with van der Waals surface area (Å²) in [6.45, 7) is 1.98. The standard InChI is InChI=1S/C13H10ClN3/c1-9-7-17-8-10(4-5-12(17)16-9)11-3-2-6-15-13(11)14/h2-8H,1H3. The Kier molecular flexibility index (Phi) is 2.34. The van der Waals surface area contributed by atoms with E-state index in [1.165, 1.54) is 0 Å². The molecule has 0 fully saturated rings.